The minimum absolute atomic E-state index is 0.0334. The highest BCUT2D eigenvalue weighted by molar-refractivity contribution is 5.61. The molecule has 0 saturated carbocycles. The fourth-order valence-electron chi connectivity index (χ4n) is 2.04. The van der Waals surface area contributed by atoms with Crippen molar-refractivity contribution in [1.82, 2.24) is 14.8 Å². The van der Waals surface area contributed by atoms with Crippen LogP contribution in [0, 0.1) is 6.92 Å². The zero-order valence-electron chi connectivity index (χ0n) is 11.7. The minimum Gasteiger partial charge on any atom is -0.391 e. The lowest BCUT2D eigenvalue weighted by Crippen LogP contribution is -2.17. The van der Waals surface area contributed by atoms with Crippen LogP contribution in [0.25, 0.3) is 11.4 Å². The Balaban J connectivity index is 2.53. The third-order valence-corrected chi connectivity index (χ3v) is 3.11. The summed E-state index contributed by atoms with van der Waals surface area (Å²) in [6.45, 7) is 3.51. The van der Waals surface area contributed by atoms with Crippen LogP contribution in [0.15, 0.2) is 24.3 Å². The van der Waals surface area contributed by atoms with Gasteiger partial charge in [0.25, 0.3) is 0 Å². The van der Waals surface area contributed by atoms with E-state index >= 15 is 0 Å². The maximum atomic E-state index is 13.1. The van der Waals surface area contributed by atoms with E-state index in [4.69, 9.17) is 0 Å². The Morgan fingerprint density at radius 2 is 1.95 bits per heavy atom. The number of hydrogen-bond acceptors (Lipinski definition) is 3. The average molecular weight is 299 g/mol. The van der Waals surface area contributed by atoms with Crippen LogP contribution >= 0.6 is 0 Å². The first-order chi connectivity index (χ1) is 9.82. The molecule has 0 aliphatic rings. The maximum Gasteiger partial charge on any atom is 0.417 e. The van der Waals surface area contributed by atoms with Crippen molar-refractivity contribution < 1.29 is 18.3 Å². The van der Waals surface area contributed by atoms with Crippen LogP contribution in [-0.2, 0) is 12.7 Å². The largest absolute Gasteiger partial charge is 0.417 e. The lowest BCUT2D eigenvalue weighted by Gasteiger charge is -2.14. The summed E-state index contributed by atoms with van der Waals surface area (Å²) < 4.78 is 40.6. The van der Waals surface area contributed by atoms with Crippen LogP contribution in [-0.4, -0.2) is 26.0 Å². The van der Waals surface area contributed by atoms with Gasteiger partial charge in [0, 0.05) is 5.56 Å². The SMILES string of the molecule is CC[C@H](O)Cn1nc(C)nc1-c1ccccc1C(F)(F)F. The molecule has 1 atom stereocenters. The fraction of sp³-hybridized carbons (Fsp3) is 0.429. The molecule has 21 heavy (non-hydrogen) atoms. The second-order valence-corrected chi connectivity index (χ2v) is 4.77. The van der Waals surface area contributed by atoms with Crippen LogP contribution < -0.4 is 0 Å². The summed E-state index contributed by atoms with van der Waals surface area (Å²) in [7, 11) is 0. The Morgan fingerprint density at radius 1 is 1.29 bits per heavy atom. The predicted octanol–water partition coefficient (Wildman–Crippen LogP) is 3.04. The number of benzene rings is 1. The van der Waals surface area contributed by atoms with Crippen molar-refractivity contribution in [2.45, 2.75) is 39.1 Å². The summed E-state index contributed by atoms with van der Waals surface area (Å²) >= 11 is 0. The van der Waals surface area contributed by atoms with E-state index in [-0.39, 0.29) is 17.9 Å². The van der Waals surface area contributed by atoms with Crippen molar-refractivity contribution in [3.8, 4) is 11.4 Å². The molecule has 1 aromatic heterocycles. The Hall–Kier alpha value is -1.89. The van der Waals surface area contributed by atoms with Crippen molar-refractivity contribution in [2.75, 3.05) is 0 Å². The van der Waals surface area contributed by atoms with Gasteiger partial charge in [0.05, 0.1) is 18.2 Å². The van der Waals surface area contributed by atoms with Crippen molar-refractivity contribution in [1.29, 1.82) is 0 Å². The van der Waals surface area contributed by atoms with E-state index in [1.807, 2.05) is 0 Å². The number of alkyl halides is 3. The van der Waals surface area contributed by atoms with Gasteiger partial charge in [-0.2, -0.15) is 18.3 Å². The van der Waals surface area contributed by atoms with E-state index in [1.54, 1.807) is 13.8 Å². The van der Waals surface area contributed by atoms with Crippen LogP contribution in [0.3, 0.4) is 0 Å². The molecule has 0 aliphatic heterocycles. The molecule has 0 spiro atoms. The summed E-state index contributed by atoms with van der Waals surface area (Å²) in [6.07, 6.45) is -4.66. The molecule has 0 amide bonds. The number of aromatic nitrogens is 3. The van der Waals surface area contributed by atoms with E-state index in [1.165, 1.54) is 22.9 Å². The number of aliphatic hydroxyl groups is 1. The highest BCUT2D eigenvalue weighted by Gasteiger charge is 2.34. The molecule has 0 unspecified atom stereocenters. The molecule has 0 saturated heterocycles. The molecule has 2 rings (SSSR count). The number of aliphatic hydroxyl groups excluding tert-OH is 1. The smallest absolute Gasteiger partial charge is 0.391 e. The second-order valence-electron chi connectivity index (χ2n) is 4.77. The summed E-state index contributed by atoms with van der Waals surface area (Å²) in [5.74, 6) is 0.484. The molecule has 0 radical (unpaired) electrons. The van der Waals surface area contributed by atoms with Crippen molar-refractivity contribution >= 4 is 0 Å². The normalized spacial score (nSPS) is 13.4. The summed E-state index contributed by atoms with van der Waals surface area (Å²) in [6, 6.07) is 5.23. The molecule has 0 aliphatic carbocycles. The summed E-state index contributed by atoms with van der Waals surface area (Å²) in [5, 5.41) is 13.8. The van der Waals surface area contributed by atoms with Gasteiger partial charge in [-0.1, -0.05) is 25.1 Å². The van der Waals surface area contributed by atoms with Crippen LogP contribution in [0.2, 0.25) is 0 Å². The molecule has 1 aromatic carbocycles. The third kappa shape index (κ3) is 3.41. The molecule has 7 heteroatoms. The Kier molecular flexibility index (Phi) is 4.32. The van der Waals surface area contributed by atoms with E-state index in [0.717, 1.165) is 6.07 Å². The summed E-state index contributed by atoms with van der Waals surface area (Å²) in [4.78, 5) is 4.08. The fourth-order valence-corrected chi connectivity index (χ4v) is 2.04. The van der Waals surface area contributed by atoms with Crippen LogP contribution in [0.4, 0.5) is 13.2 Å². The number of nitrogens with zero attached hydrogens (tertiary/aromatic N) is 3. The van der Waals surface area contributed by atoms with E-state index in [9.17, 15) is 18.3 Å². The first-order valence-corrected chi connectivity index (χ1v) is 6.59. The van der Waals surface area contributed by atoms with Gasteiger partial charge >= 0.3 is 6.18 Å². The molecule has 114 valence electrons. The minimum atomic E-state index is -4.47. The molecule has 4 nitrogen and oxygen atoms in total. The van der Waals surface area contributed by atoms with Gasteiger partial charge in [0.15, 0.2) is 5.82 Å². The second kappa shape index (κ2) is 5.85. The van der Waals surface area contributed by atoms with Gasteiger partial charge in [-0.05, 0) is 19.4 Å². The molecule has 2 aromatic rings. The maximum absolute atomic E-state index is 13.1. The monoisotopic (exact) mass is 299 g/mol. The molecular weight excluding hydrogens is 283 g/mol. The highest BCUT2D eigenvalue weighted by atomic mass is 19.4. The third-order valence-electron chi connectivity index (χ3n) is 3.11. The quantitative estimate of drug-likeness (QED) is 0.944. The van der Waals surface area contributed by atoms with Gasteiger partial charge in [-0.3, -0.25) is 0 Å². The number of aryl methyl sites for hydroxylation is 1. The van der Waals surface area contributed by atoms with Gasteiger partial charge < -0.3 is 5.11 Å². The predicted molar refractivity (Wildman–Crippen MR) is 71.5 cm³/mol. The van der Waals surface area contributed by atoms with Gasteiger partial charge in [-0.25, -0.2) is 9.67 Å². The van der Waals surface area contributed by atoms with Gasteiger partial charge in [0.2, 0.25) is 0 Å². The van der Waals surface area contributed by atoms with Crippen LogP contribution in [0.1, 0.15) is 24.7 Å². The molecule has 1 heterocycles. The standard InChI is InChI=1S/C14H16F3N3O/c1-3-10(21)8-20-13(18-9(2)19-20)11-6-4-5-7-12(11)14(15,16)17/h4-7,10,21H,3,8H2,1-2H3/t10-/m0/s1. The van der Waals surface area contributed by atoms with E-state index < -0.39 is 17.8 Å². The Morgan fingerprint density at radius 3 is 2.57 bits per heavy atom. The topological polar surface area (TPSA) is 50.9 Å². The molecule has 0 fully saturated rings. The van der Waals surface area contributed by atoms with E-state index in [2.05, 4.69) is 10.1 Å². The average Bonchev–Trinajstić information content (AvgIpc) is 2.78. The van der Waals surface area contributed by atoms with Crippen LogP contribution in [0.5, 0.6) is 0 Å². The number of hydrogen-bond donors (Lipinski definition) is 1. The first kappa shape index (κ1) is 15.5. The van der Waals surface area contributed by atoms with Crippen molar-refractivity contribution in [2.24, 2.45) is 0 Å². The molecular formula is C14H16F3N3O. The van der Waals surface area contributed by atoms with Gasteiger partial charge in [-0.15, -0.1) is 0 Å². The molecule has 1 N–H and O–H groups in total. The Bertz CT molecular complexity index is 622. The van der Waals surface area contributed by atoms with Crippen molar-refractivity contribution in [3.63, 3.8) is 0 Å². The first-order valence-electron chi connectivity index (χ1n) is 6.59. The number of rotatable bonds is 4. The zero-order valence-corrected chi connectivity index (χ0v) is 11.7. The number of halogens is 3. The lowest BCUT2D eigenvalue weighted by atomic mass is 10.1. The molecule has 0 bridgehead atoms. The Labute approximate surface area is 120 Å². The van der Waals surface area contributed by atoms with Gasteiger partial charge in [0.1, 0.15) is 5.82 Å². The van der Waals surface area contributed by atoms with E-state index in [0.29, 0.717) is 12.2 Å². The highest BCUT2D eigenvalue weighted by Crippen LogP contribution is 2.36. The van der Waals surface area contributed by atoms with Crippen molar-refractivity contribution in [3.05, 3.63) is 35.7 Å². The lowest BCUT2D eigenvalue weighted by molar-refractivity contribution is -0.137. The zero-order chi connectivity index (χ0) is 15.6. The summed E-state index contributed by atoms with van der Waals surface area (Å²) in [5.41, 5.74) is -0.793.